The highest BCUT2D eigenvalue weighted by molar-refractivity contribution is 6.79. The van der Waals surface area contributed by atoms with Gasteiger partial charge in [-0.15, -0.1) is 0 Å². The Bertz CT molecular complexity index is 155. The zero-order chi connectivity index (χ0) is 10.5. The summed E-state index contributed by atoms with van der Waals surface area (Å²) in [5, 5.41) is 5.81. The first-order valence-electron chi connectivity index (χ1n) is 4.00. The molecule has 1 unspecified atom stereocenters. The first kappa shape index (κ1) is 13.7. The molecule has 0 aromatic heterocycles. The van der Waals surface area contributed by atoms with Crippen molar-refractivity contribution in [3.63, 3.8) is 0 Å². The molecule has 0 spiro atoms. The molecule has 0 aliphatic carbocycles. The molecule has 0 fully saturated rings. The quantitative estimate of drug-likeness (QED) is 0.569. The average molecular weight is 258 g/mol. The van der Waals surface area contributed by atoms with Crippen molar-refractivity contribution in [2.45, 2.75) is 19.6 Å². The largest absolute Gasteiger partial charge is 0.449 e. The molecule has 0 rings (SSSR count). The lowest BCUT2D eigenvalue weighted by molar-refractivity contribution is 0.272. The molecular weight excluding hydrogens is 238 g/mol. The lowest BCUT2D eigenvalue weighted by Crippen LogP contribution is -2.56. The Morgan fingerprint density at radius 3 is 2.23 bits per heavy atom. The van der Waals surface area contributed by atoms with E-state index in [-0.39, 0.29) is 0 Å². The fraction of sp³-hybridized carbons (Fsp3) is 1.00. The SMILES string of the molecule is CO[Si](C)(N)O[Si](C)(C)O[SiH2]O[SiH3]. The van der Waals surface area contributed by atoms with Crippen molar-refractivity contribution >= 4 is 37.8 Å². The molecule has 0 aliphatic heterocycles. The van der Waals surface area contributed by atoms with Crippen LogP contribution in [0.2, 0.25) is 19.6 Å². The molecule has 0 aromatic carbocycles. The highest BCUT2D eigenvalue weighted by atomic mass is 28.5. The Labute approximate surface area is 87.1 Å². The predicted molar refractivity (Wildman–Crippen MR) is 62.0 cm³/mol. The summed E-state index contributed by atoms with van der Waals surface area (Å²) in [6.45, 7) is 5.71. The molecule has 0 aromatic rings. The Kier molecular flexibility index (Phi) is 5.81. The average Bonchev–Trinajstić information content (AvgIpc) is 1.99. The van der Waals surface area contributed by atoms with Crippen molar-refractivity contribution in [1.29, 1.82) is 0 Å². The van der Waals surface area contributed by atoms with Crippen molar-refractivity contribution in [1.82, 2.24) is 0 Å². The first-order chi connectivity index (χ1) is 5.83. The maximum Gasteiger partial charge on any atom is 0.409 e. The van der Waals surface area contributed by atoms with Crippen LogP contribution in [0, 0.1) is 0 Å². The minimum atomic E-state index is -2.45. The first-order valence-corrected chi connectivity index (χ1v) is 11.2. The molecule has 0 heterocycles. The lowest BCUT2D eigenvalue weighted by atomic mass is 11.8. The van der Waals surface area contributed by atoms with E-state index in [0.717, 1.165) is 10.5 Å². The molecule has 80 valence electrons. The van der Waals surface area contributed by atoms with Crippen LogP contribution in [-0.2, 0) is 16.8 Å². The molecule has 0 saturated heterocycles. The smallest absolute Gasteiger partial charge is 0.409 e. The van der Waals surface area contributed by atoms with Gasteiger partial charge in [-0.1, -0.05) is 0 Å². The van der Waals surface area contributed by atoms with Crippen LogP contribution in [0.4, 0.5) is 0 Å². The molecule has 0 radical (unpaired) electrons. The van der Waals surface area contributed by atoms with Crippen LogP contribution in [-0.4, -0.2) is 44.9 Å². The summed E-state index contributed by atoms with van der Waals surface area (Å²) in [6, 6.07) is 0. The van der Waals surface area contributed by atoms with Crippen LogP contribution in [0.15, 0.2) is 0 Å². The molecule has 0 amide bonds. The van der Waals surface area contributed by atoms with Gasteiger partial charge in [0.1, 0.15) is 10.5 Å². The summed E-state index contributed by atoms with van der Waals surface area (Å²) in [5.41, 5.74) is 0. The van der Waals surface area contributed by atoms with E-state index in [1.54, 1.807) is 13.7 Å². The van der Waals surface area contributed by atoms with E-state index in [0.29, 0.717) is 0 Å². The third kappa shape index (κ3) is 6.70. The van der Waals surface area contributed by atoms with Gasteiger partial charge in [0.05, 0.1) is 0 Å². The summed E-state index contributed by atoms with van der Waals surface area (Å²) in [4.78, 5) is 0. The minimum absolute atomic E-state index is 0.727. The Hall–Kier alpha value is 0.668. The Balaban J connectivity index is 4.00. The van der Waals surface area contributed by atoms with Gasteiger partial charge in [0.2, 0.25) is 0 Å². The molecule has 0 aliphatic rings. The second kappa shape index (κ2) is 5.52. The van der Waals surface area contributed by atoms with Crippen molar-refractivity contribution in [3.05, 3.63) is 0 Å². The van der Waals surface area contributed by atoms with E-state index in [1.807, 2.05) is 13.1 Å². The number of hydrogen-bond acceptors (Lipinski definition) is 5. The second-order valence-corrected chi connectivity index (χ2v) is 13.0. The molecule has 2 N–H and O–H groups in total. The van der Waals surface area contributed by atoms with Crippen molar-refractivity contribution in [2.75, 3.05) is 7.11 Å². The third-order valence-corrected chi connectivity index (χ3v) is 9.97. The highest BCUT2D eigenvalue weighted by Crippen LogP contribution is 2.11. The minimum Gasteiger partial charge on any atom is -0.449 e. The monoisotopic (exact) mass is 257 g/mol. The Morgan fingerprint density at radius 2 is 1.85 bits per heavy atom. The van der Waals surface area contributed by atoms with Gasteiger partial charge in [0.15, 0.2) is 0 Å². The Morgan fingerprint density at radius 1 is 1.31 bits per heavy atom. The van der Waals surface area contributed by atoms with Gasteiger partial charge in [-0.05, 0) is 19.6 Å². The summed E-state index contributed by atoms with van der Waals surface area (Å²) in [7, 11) is -3.11. The van der Waals surface area contributed by atoms with Gasteiger partial charge in [-0.25, -0.2) is 0 Å². The van der Waals surface area contributed by atoms with Crippen LogP contribution >= 0.6 is 0 Å². The van der Waals surface area contributed by atoms with Crippen LogP contribution < -0.4 is 5.40 Å². The van der Waals surface area contributed by atoms with Gasteiger partial charge in [0, 0.05) is 7.11 Å². The molecule has 0 bridgehead atoms. The van der Waals surface area contributed by atoms with Gasteiger partial charge in [-0.2, -0.15) is 0 Å². The molecular formula is C4H19NO4Si4. The van der Waals surface area contributed by atoms with E-state index >= 15 is 0 Å². The fourth-order valence-corrected chi connectivity index (χ4v) is 8.43. The predicted octanol–water partition coefficient (Wildman–Crippen LogP) is -1.81. The van der Waals surface area contributed by atoms with E-state index in [2.05, 4.69) is 0 Å². The van der Waals surface area contributed by atoms with Gasteiger partial charge in [-0.3, -0.25) is 0 Å². The topological polar surface area (TPSA) is 62.9 Å². The van der Waals surface area contributed by atoms with Crippen LogP contribution in [0.25, 0.3) is 0 Å². The third-order valence-electron chi connectivity index (χ3n) is 1.38. The van der Waals surface area contributed by atoms with E-state index in [4.69, 9.17) is 22.2 Å². The standard InChI is InChI=1S/C4H19NO4Si4/c1-6-13(4,5)9-12(2,3)8-11-7-10/h5,11H2,1-4,10H3. The molecule has 1 atom stereocenters. The molecule has 13 heavy (non-hydrogen) atoms. The van der Waals surface area contributed by atoms with Crippen molar-refractivity contribution in [2.24, 2.45) is 5.40 Å². The van der Waals surface area contributed by atoms with Gasteiger partial charge < -0.3 is 22.2 Å². The summed E-state index contributed by atoms with van der Waals surface area (Å²) < 4.78 is 21.4. The molecule has 9 heteroatoms. The van der Waals surface area contributed by atoms with Gasteiger partial charge >= 0.3 is 17.3 Å². The zero-order valence-corrected chi connectivity index (χ0v) is 14.3. The zero-order valence-electron chi connectivity index (χ0n) is 8.92. The van der Waals surface area contributed by atoms with Crippen molar-refractivity contribution in [3.8, 4) is 0 Å². The highest BCUT2D eigenvalue weighted by Gasteiger charge is 2.36. The summed E-state index contributed by atoms with van der Waals surface area (Å²) >= 11 is 0. The molecule has 5 nitrogen and oxygen atoms in total. The normalized spacial score (nSPS) is 18.2. The fourth-order valence-electron chi connectivity index (χ4n) is 0.760. The van der Waals surface area contributed by atoms with Crippen LogP contribution in [0.1, 0.15) is 0 Å². The van der Waals surface area contributed by atoms with E-state index in [9.17, 15) is 0 Å². The van der Waals surface area contributed by atoms with Crippen LogP contribution in [0.5, 0.6) is 0 Å². The maximum absolute atomic E-state index is 5.81. The van der Waals surface area contributed by atoms with E-state index < -0.39 is 27.3 Å². The van der Waals surface area contributed by atoms with E-state index in [1.165, 1.54) is 0 Å². The lowest BCUT2D eigenvalue weighted by Gasteiger charge is -2.30. The number of nitrogens with two attached hydrogens (primary N) is 1. The van der Waals surface area contributed by atoms with Crippen LogP contribution in [0.3, 0.4) is 0 Å². The summed E-state index contributed by atoms with van der Waals surface area (Å²) in [5.74, 6) is 0. The summed E-state index contributed by atoms with van der Waals surface area (Å²) in [6.07, 6.45) is 0. The number of rotatable bonds is 6. The van der Waals surface area contributed by atoms with Gasteiger partial charge in [0.25, 0.3) is 10.0 Å². The second-order valence-electron chi connectivity index (χ2n) is 3.27. The maximum atomic E-state index is 5.81. The number of hydrogen-bond donors (Lipinski definition) is 1. The molecule has 0 saturated carbocycles. The van der Waals surface area contributed by atoms with Crippen molar-refractivity contribution < 1.29 is 16.8 Å².